The van der Waals surface area contributed by atoms with Crippen LogP contribution in [0.4, 0.5) is 32.0 Å². The van der Waals surface area contributed by atoms with Crippen molar-refractivity contribution < 1.29 is 30.9 Å². The molecular weight excluding hydrogens is 558 g/mol. The molecule has 0 saturated heterocycles. The van der Waals surface area contributed by atoms with Crippen LogP contribution in [0.5, 0.6) is 0 Å². The molecule has 1 heterocycles. The SMILES string of the molecule is CCN(CC1CCCC1)c1cc2c(cc1C[N+]1(Cc3cc(C(F)(F)F)cc(C(F)(F)F)c3)C(N)=NNN1C)CCCC2. The van der Waals surface area contributed by atoms with Crippen LogP contribution in [0.1, 0.15) is 78.8 Å². The van der Waals surface area contributed by atoms with Crippen LogP contribution in [0.3, 0.4) is 0 Å². The van der Waals surface area contributed by atoms with E-state index in [2.05, 4.69) is 34.6 Å². The first-order valence-corrected chi connectivity index (χ1v) is 14.7. The Morgan fingerprint density at radius 1 is 0.905 bits per heavy atom. The summed E-state index contributed by atoms with van der Waals surface area (Å²) in [6.07, 6.45) is -0.979. The van der Waals surface area contributed by atoms with Gasteiger partial charge in [-0.05, 0) is 97.9 Å². The Bertz CT molecular complexity index is 1280. The molecule has 3 aliphatic rings. The van der Waals surface area contributed by atoms with E-state index in [0.29, 0.717) is 5.92 Å². The number of benzene rings is 2. The molecule has 42 heavy (non-hydrogen) atoms. The summed E-state index contributed by atoms with van der Waals surface area (Å²) in [6, 6.07) is 6.14. The lowest BCUT2D eigenvalue weighted by molar-refractivity contribution is -0.981. The maximum Gasteiger partial charge on any atom is 0.416 e. The normalized spacial score (nSPS) is 21.8. The number of hydrazine groups is 1. The number of quaternary nitrogens is 1. The molecule has 1 atom stereocenters. The van der Waals surface area contributed by atoms with Gasteiger partial charge in [-0.15, -0.1) is 0 Å². The van der Waals surface area contributed by atoms with Gasteiger partial charge < -0.3 is 10.6 Å². The van der Waals surface area contributed by atoms with E-state index in [1.54, 1.807) is 12.2 Å². The van der Waals surface area contributed by atoms with Gasteiger partial charge in [-0.3, -0.25) is 0 Å². The molecule has 5 rings (SSSR count). The maximum absolute atomic E-state index is 13.7. The number of alkyl halides is 6. The monoisotopic (exact) mass is 597 g/mol. The fourth-order valence-corrected chi connectivity index (χ4v) is 6.73. The zero-order chi connectivity index (χ0) is 30.3. The Morgan fingerprint density at radius 3 is 2.02 bits per heavy atom. The molecule has 12 heteroatoms. The first kappa shape index (κ1) is 30.5. The molecule has 2 aromatic rings. The minimum absolute atomic E-state index is 0.0611. The van der Waals surface area contributed by atoms with Crippen molar-refractivity contribution in [3.63, 3.8) is 0 Å². The second kappa shape index (κ2) is 11.6. The van der Waals surface area contributed by atoms with Gasteiger partial charge in [-0.25, -0.2) is 0 Å². The average molecular weight is 598 g/mol. The number of anilines is 1. The van der Waals surface area contributed by atoms with E-state index in [-0.39, 0.29) is 35.3 Å². The van der Waals surface area contributed by atoms with E-state index < -0.39 is 23.5 Å². The van der Waals surface area contributed by atoms with Crippen LogP contribution in [-0.4, -0.2) is 35.8 Å². The third kappa shape index (κ3) is 6.20. The highest BCUT2D eigenvalue weighted by Crippen LogP contribution is 2.39. The van der Waals surface area contributed by atoms with Crippen LogP contribution in [0.25, 0.3) is 0 Å². The van der Waals surface area contributed by atoms with Crippen LogP contribution in [0.15, 0.2) is 35.4 Å². The van der Waals surface area contributed by atoms with Crippen molar-refractivity contribution in [3.05, 3.63) is 63.7 Å². The van der Waals surface area contributed by atoms with Crippen LogP contribution < -0.4 is 16.2 Å². The number of nitrogens with one attached hydrogen (secondary N) is 1. The number of nitrogens with two attached hydrogens (primary N) is 1. The summed E-state index contributed by atoms with van der Waals surface area (Å²) in [5.41, 5.74) is 10.9. The minimum atomic E-state index is -4.94. The fourth-order valence-electron chi connectivity index (χ4n) is 6.73. The average Bonchev–Trinajstić information content (AvgIpc) is 3.54. The van der Waals surface area contributed by atoms with Crippen LogP contribution in [0.2, 0.25) is 0 Å². The summed E-state index contributed by atoms with van der Waals surface area (Å²) in [6.45, 7) is 3.76. The molecule has 1 aliphatic heterocycles. The van der Waals surface area contributed by atoms with Gasteiger partial charge in [-0.1, -0.05) is 17.9 Å². The van der Waals surface area contributed by atoms with Gasteiger partial charge in [0.25, 0.3) is 0 Å². The Hall–Kier alpha value is -2.99. The number of aryl methyl sites for hydroxylation is 2. The van der Waals surface area contributed by atoms with E-state index in [4.69, 9.17) is 5.73 Å². The smallest absolute Gasteiger partial charge is 0.371 e. The standard InChI is InChI=1S/C30H39F6N6/c1-3-41(17-20-8-4-5-9-20)27-15-23-11-7-6-10-22(23)14-24(27)19-42(28(37)38-39-40(42)2)18-21-12-25(29(31,32)33)16-26(13-21)30(34,35)36/h12-16,20,39H,3-11,17-19H2,1-2H3,(H2,37,38)/q+1. The molecule has 230 valence electrons. The lowest BCUT2D eigenvalue weighted by Gasteiger charge is -2.38. The lowest BCUT2D eigenvalue weighted by Crippen LogP contribution is -2.61. The number of nitrogens with zero attached hydrogens (tertiary/aromatic N) is 4. The minimum Gasteiger partial charge on any atom is -0.371 e. The molecule has 0 bridgehead atoms. The summed E-state index contributed by atoms with van der Waals surface area (Å²) in [4.78, 5) is 2.37. The first-order chi connectivity index (χ1) is 19.8. The van der Waals surface area contributed by atoms with Crippen molar-refractivity contribution >= 4 is 11.6 Å². The van der Waals surface area contributed by atoms with E-state index in [0.717, 1.165) is 62.2 Å². The van der Waals surface area contributed by atoms with Crippen molar-refractivity contribution in [1.82, 2.24) is 10.7 Å². The van der Waals surface area contributed by atoms with Crippen molar-refractivity contribution in [2.75, 3.05) is 25.0 Å². The number of guanidine groups is 1. The highest BCUT2D eigenvalue weighted by atomic mass is 19.4. The first-order valence-electron chi connectivity index (χ1n) is 14.7. The molecule has 1 fully saturated rings. The number of hydrogen-bond acceptors (Lipinski definition) is 5. The second-order valence-corrected chi connectivity index (χ2v) is 11.9. The van der Waals surface area contributed by atoms with Crippen molar-refractivity contribution in [2.45, 2.75) is 83.7 Å². The third-order valence-electron chi connectivity index (χ3n) is 9.05. The summed E-state index contributed by atoms with van der Waals surface area (Å²) in [7, 11) is 1.65. The maximum atomic E-state index is 13.7. The molecule has 3 N–H and O–H groups in total. The number of hydrazone groups is 1. The van der Waals surface area contributed by atoms with Crippen molar-refractivity contribution in [2.24, 2.45) is 16.8 Å². The molecule has 2 aromatic carbocycles. The molecule has 2 aliphatic carbocycles. The van der Waals surface area contributed by atoms with Crippen molar-refractivity contribution in [1.29, 1.82) is 0 Å². The molecule has 1 saturated carbocycles. The van der Waals surface area contributed by atoms with Crippen LogP contribution in [-0.2, 0) is 38.3 Å². The quantitative estimate of drug-likeness (QED) is 0.262. The Kier molecular flexibility index (Phi) is 8.41. The molecule has 1 unspecified atom stereocenters. The molecule has 0 radical (unpaired) electrons. The zero-order valence-corrected chi connectivity index (χ0v) is 24.1. The number of rotatable bonds is 8. The lowest BCUT2D eigenvalue weighted by atomic mass is 9.89. The summed E-state index contributed by atoms with van der Waals surface area (Å²) >= 11 is 0. The Balaban J connectivity index is 1.59. The Labute approximate surface area is 242 Å². The molecule has 6 nitrogen and oxygen atoms in total. The van der Waals surface area contributed by atoms with Crippen molar-refractivity contribution in [3.8, 4) is 0 Å². The zero-order valence-electron chi connectivity index (χ0n) is 24.1. The Morgan fingerprint density at radius 2 is 1.50 bits per heavy atom. The van der Waals surface area contributed by atoms with E-state index in [9.17, 15) is 26.3 Å². The van der Waals surface area contributed by atoms with Gasteiger partial charge in [0.15, 0.2) is 0 Å². The highest BCUT2D eigenvalue weighted by Gasteiger charge is 2.46. The summed E-state index contributed by atoms with van der Waals surface area (Å²) in [5, 5.41) is 5.71. The summed E-state index contributed by atoms with van der Waals surface area (Å²) in [5.74, 6) is 0.650. The van der Waals surface area contributed by atoms with E-state index in [1.165, 1.54) is 36.8 Å². The van der Waals surface area contributed by atoms with Gasteiger partial charge in [0.05, 0.1) is 18.2 Å². The fraction of sp³-hybridized carbons (Fsp3) is 0.567. The van der Waals surface area contributed by atoms with E-state index >= 15 is 0 Å². The van der Waals surface area contributed by atoms with Gasteiger partial charge >= 0.3 is 18.3 Å². The molecule has 0 amide bonds. The van der Waals surface area contributed by atoms with Gasteiger partial charge in [0.2, 0.25) is 0 Å². The summed E-state index contributed by atoms with van der Waals surface area (Å²) < 4.78 is 81.9. The van der Waals surface area contributed by atoms with Gasteiger partial charge in [0, 0.05) is 29.9 Å². The molecule has 0 aromatic heterocycles. The number of fused-ring (bicyclic) bond motifs is 1. The van der Waals surface area contributed by atoms with Crippen LogP contribution >= 0.6 is 0 Å². The van der Waals surface area contributed by atoms with E-state index in [1.807, 2.05) is 0 Å². The van der Waals surface area contributed by atoms with Crippen LogP contribution in [0, 0.1) is 5.92 Å². The molecule has 0 spiro atoms. The predicted octanol–water partition coefficient (Wildman–Crippen LogP) is 6.73. The predicted molar refractivity (Wildman–Crippen MR) is 150 cm³/mol. The van der Waals surface area contributed by atoms with Gasteiger partial charge in [-0.2, -0.15) is 36.5 Å². The second-order valence-electron chi connectivity index (χ2n) is 11.9. The molecular formula is C30H39F6N6+. The topological polar surface area (TPSA) is 56.9 Å². The largest absolute Gasteiger partial charge is 0.416 e. The van der Waals surface area contributed by atoms with Gasteiger partial charge in [0.1, 0.15) is 13.1 Å². The highest BCUT2D eigenvalue weighted by molar-refractivity contribution is 5.71. The number of hydrogen-bond donors (Lipinski definition) is 2. The third-order valence-corrected chi connectivity index (χ3v) is 9.05. The number of halogens is 6.